The fraction of sp³-hybridized carbons (Fsp3) is 0.286. The minimum absolute atomic E-state index is 0.187. The Morgan fingerprint density at radius 3 is 2.66 bits per heavy atom. The van der Waals surface area contributed by atoms with E-state index in [-0.39, 0.29) is 17.3 Å². The molecule has 1 saturated heterocycles. The zero-order chi connectivity index (χ0) is 22.2. The number of hydrogen-bond donors (Lipinski definition) is 4. The highest BCUT2D eigenvalue weighted by molar-refractivity contribution is 6.06. The lowest BCUT2D eigenvalue weighted by molar-refractivity contribution is 0.102. The van der Waals surface area contributed by atoms with Gasteiger partial charge in [0, 0.05) is 30.7 Å². The topological polar surface area (TPSA) is 153 Å². The number of nitrogens with zero attached hydrogens (tertiary/aromatic N) is 6. The number of nitriles is 1. The summed E-state index contributed by atoms with van der Waals surface area (Å²) in [7, 11) is 0. The molecule has 1 aliphatic rings. The maximum atomic E-state index is 12.9. The van der Waals surface area contributed by atoms with Crippen LogP contribution in [0.3, 0.4) is 0 Å². The van der Waals surface area contributed by atoms with E-state index in [1.54, 1.807) is 30.6 Å². The first-order valence-corrected chi connectivity index (χ1v) is 10.2. The maximum absolute atomic E-state index is 12.9. The Morgan fingerprint density at radius 1 is 1.12 bits per heavy atom. The largest absolute Gasteiger partial charge is 0.383 e. The van der Waals surface area contributed by atoms with Gasteiger partial charge in [-0.3, -0.25) is 9.78 Å². The molecule has 3 aromatic heterocycles. The van der Waals surface area contributed by atoms with Gasteiger partial charge in [-0.1, -0.05) is 0 Å². The first-order valence-electron chi connectivity index (χ1n) is 10.2. The number of aromatic nitrogens is 5. The minimum Gasteiger partial charge on any atom is -0.383 e. The van der Waals surface area contributed by atoms with Gasteiger partial charge in [-0.2, -0.15) is 5.26 Å². The van der Waals surface area contributed by atoms with Crippen LogP contribution < -0.4 is 21.3 Å². The lowest BCUT2D eigenvalue weighted by Gasteiger charge is -2.23. The molecule has 32 heavy (non-hydrogen) atoms. The molecule has 4 rings (SSSR count). The van der Waals surface area contributed by atoms with E-state index in [4.69, 9.17) is 5.26 Å². The van der Waals surface area contributed by atoms with Crippen molar-refractivity contribution in [1.29, 1.82) is 5.26 Å². The van der Waals surface area contributed by atoms with E-state index >= 15 is 0 Å². The summed E-state index contributed by atoms with van der Waals surface area (Å²) in [5, 5.41) is 29.7. The molecular formula is C21H22N10O. The van der Waals surface area contributed by atoms with E-state index in [0.717, 1.165) is 32.5 Å². The monoisotopic (exact) mass is 430 g/mol. The van der Waals surface area contributed by atoms with E-state index in [2.05, 4.69) is 46.4 Å². The molecule has 0 aliphatic carbocycles. The Balaban J connectivity index is 1.54. The van der Waals surface area contributed by atoms with Crippen molar-refractivity contribution in [3.05, 3.63) is 54.4 Å². The molecule has 1 aliphatic heterocycles. The second kappa shape index (κ2) is 10.2. The van der Waals surface area contributed by atoms with Gasteiger partial charge in [0.15, 0.2) is 17.2 Å². The van der Waals surface area contributed by atoms with Crippen molar-refractivity contribution in [2.24, 2.45) is 5.92 Å². The first-order chi connectivity index (χ1) is 15.7. The van der Waals surface area contributed by atoms with Crippen LogP contribution in [0.2, 0.25) is 0 Å². The summed E-state index contributed by atoms with van der Waals surface area (Å²) in [6, 6.07) is 7.04. The highest BCUT2D eigenvalue weighted by Gasteiger charge is 2.18. The number of carbonyl (C=O) groups excluding carboxylic acids is 1. The van der Waals surface area contributed by atoms with E-state index in [1.807, 2.05) is 6.07 Å². The van der Waals surface area contributed by atoms with Crippen molar-refractivity contribution in [3.8, 4) is 6.07 Å². The normalized spacial score (nSPS) is 13.7. The van der Waals surface area contributed by atoms with Crippen LogP contribution in [0.15, 0.2) is 43.0 Å². The average molecular weight is 430 g/mol. The van der Waals surface area contributed by atoms with Crippen molar-refractivity contribution >= 4 is 28.9 Å². The van der Waals surface area contributed by atoms with Crippen LogP contribution in [0.4, 0.5) is 23.0 Å². The highest BCUT2D eigenvalue weighted by atomic mass is 16.2. The molecule has 11 nitrogen and oxygen atoms in total. The number of nitrogens with one attached hydrogen (secondary N) is 4. The molecule has 4 heterocycles. The standard InChI is InChI=1S/C21H22N10O/c22-10-16-12-27-19(13-25-16)29-18-9-17(26-11-14-1-5-23-6-2-14)20(31-30-18)21(32)28-15-3-7-24-8-4-15/h3-4,7-9,12-14,23H,1-2,5-6,11H2,(H,24,28,32)(H2,26,27,29,30). The molecule has 0 bridgehead atoms. The van der Waals surface area contributed by atoms with E-state index in [1.165, 1.54) is 12.4 Å². The van der Waals surface area contributed by atoms with Crippen molar-refractivity contribution in [2.75, 3.05) is 35.6 Å². The van der Waals surface area contributed by atoms with Crippen molar-refractivity contribution in [1.82, 2.24) is 30.5 Å². The van der Waals surface area contributed by atoms with Crippen LogP contribution in [0, 0.1) is 17.2 Å². The summed E-state index contributed by atoms with van der Waals surface area (Å²) in [6.45, 7) is 2.69. The summed E-state index contributed by atoms with van der Waals surface area (Å²) in [4.78, 5) is 24.9. The number of carbonyl (C=O) groups is 1. The number of amides is 1. The molecule has 0 radical (unpaired) electrons. The molecule has 0 spiro atoms. The number of anilines is 4. The summed E-state index contributed by atoms with van der Waals surface area (Å²) in [5.41, 5.74) is 1.58. The second-order valence-electron chi connectivity index (χ2n) is 7.28. The van der Waals surface area contributed by atoms with Gasteiger partial charge in [0.25, 0.3) is 5.91 Å². The van der Waals surface area contributed by atoms with Crippen molar-refractivity contribution in [2.45, 2.75) is 12.8 Å². The van der Waals surface area contributed by atoms with Gasteiger partial charge < -0.3 is 21.3 Å². The summed E-state index contributed by atoms with van der Waals surface area (Å²) in [6.07, 6.45) is 8.13. The minimum atomic E-state index is -0.374. The Bertz CT molecular complexity index is 1090. The Labute approximate surface area is 184 Å². The van der Waals surface area contributed by atoms with Crippen LogP contribution in [-0.2, 0) is 0 Å². The number of hydrogen-bond acceptors (Lipinski definition) is 10. The van der Waals surface area contributed by atoms with E-state index < -0.39 is 0 Å². The number of pyridine rings is 1. The Hall–Kier alpha value is -4.17. The van der Waals surface area contributed by atoms with Crippen LogP contribution in [-0.4, -0.2) is 50.7 Å². The lowest BCUT2D eigenvalue weighted by atomic mass is 9.98. The smallest absolute Gasteiger partial charge is 0.278 e. The fourth-order valence-electron chi connectivity index (χ4n) is 3.30. The molecule has 3 aromatic rings. The zero-order valence-electron chi connectivity index (χ0n) is 17.2. The van der Waals surface area contributed by atoms with Crippen molar-refractivity contribution in [3.63, 3.8) is 0 Å². The first kappa shape index (κ1) is 21.1. The molecule has 11 heteroatoms. The number of piperidine rings is 1. The molecule has 1 amide bonds. The van der Waals surface area contributed by atoms with E-state index in [0.29, 0.717) is 28.9 Å². The summed E-state index contributed by atoms with van der Waals surface area (Å²) in [5.74, 6) is 0.941. The lowest BCUT2D eigenvalue weighted by Crippen LogP contribution is -2.31. The molecular weight excluding hydrogens is 408 g/mol. The molecule has 162 valence electrons. The van der Waals surface area contributed by atoms with Gasteiger partial charge in [0.1, 0.15) is 11.9 Å². The highest BCUT2D eigenvalue weighted by Crippen LogP contribution is 2.22. The van der Waals surface area contributed by atoms with Gasteiger partial charge in [-0.15, -0.1) is 10.2 Å². The zero-order valence-corrected chi connectivity index (χ0v) is 17.2. The maximum Gasteiger partial charge on any atom is 0.278 e. The Morgan fingerprint density at radius 2 is 1.94 bits per heavy atom. The van der Waals surface area contributed by atoms with Gasteiger partial charge in [0.05, 0.1) is 18.1 Å². The molecule has 4 N–H and O–H groups in total. The third-order valence-corrected chi connectivity index (χ3v) is 5.01. The van der Waals surface area contributed by atoms with Gasteiger partial charge >= 0.3 is 0 Å². The fourth-order valence-corrected chi connectivity index (χ4v) is 3.30. The predicted molar refractivity (Wildman–Crippen MR) is 118 cm³/mol. The molecule has 0 aromatic carbocycles. The molecule has 0 atom stereocenters. The van der Waals surface area contributed by atoms with Crippen LogP contribution in [0.5, 0.6) is 0 Å². The predicted octanol–water partition coefficient (Wildman–Crippen LogP) is 1.94. The Kier molecular flexibility index (Phi) is 6.74. The number of rotatable bonds is 7. The SMILES string of the molecule is N#Cc1cnc(Nc2cc(NCC3CCNCC3)c(C(=O)Nc3ccncc3)nn2)cn1. The molecule has 0 saturated carbocycles. The quantitative estimate of drug-likeness (QED) is 0.437. The van der Waals surface area contributed by atoms with Crippen LogP contribution >= 0.6 is 0 Å². The van der Waals surface area contributed by atoms with Crippen LogP contribution in [0.1, 0.15) is 29.0 Å². The third-order valence-electron chi connectivity index (χ3n) is 5.01. The summed E-state index contributed by atoms with van der Waals surface area (Å²) >= 11 is 0. The van der Waals surface area contributed by atoms with Crippen molar-refractivity contribution < 1.29 is 4.79 Å². The second-order valence-corrected chi connectivity index (χ2v) is 7.28. The molecule has 0 unspecified atom stereocenters. The summed E-state index contributed by atoms with van der Waals surface area (Å²) < 4.78 is 0. The van der Waals surface area contributed by atoms with E-state index in [9.17, 15) is 4.79 Å². The van der Waals surface area contributed by atoms with Gasteiger partial charge in [0.2, 0.25) is 0 Å². The van der Waals surface area contributed by atoms with Crippen LogP contribution in [0.25, 0.3) is 0 Å². The molecule has 1 fully saturated rings. The van der Waals surface area contributed by atoms with Gasteiger partial charge in [-0.25, -0.2) is 9.97 Å². The average Bonchev–Trinajstić information content (AvgIpc) is 2.84. The third kappa shape index (κ3) is 5.50. The van der Waals surface area contributed by atoms with Gasteiger partial charge in [-0.05, 0) is 44.0 Å².